The Labute approximate surface area is 99.2 Å². The van der Waals surface area contributed by atoms with Crippen LogP contribution in [0.25, 0.3) is 0 Å². The van der Waals surface area contributed by atoms with Gasteiger partial charge in [-0.2, -0.15) is 0 Å². The smallest absolute Gasteiger partial charge is 0.324 e. The molecule has 7 nitrogen and oxygen atoms in total. The van der Waals surface area contributed by atoms with Crippen molar-refractivity contribution in [3.63, 3.8) is 0 Å². The van der Waals surface area contributed by atoms with E-state index in [9.17, 15) is 14.4 Å². The van der Waals surface area contributed by atoms with E-state index in [0.717, 1.165) is 0 Å². The number of aliphatic hydroxyl groups is 1. The number of urea groups is 1. The van der Waals surface area contributed by atoms with Gasteiger partial charge in [0.05, 0.1) is 5.92 Å². The lowest BCUT2D eigenvalue weighted by atomic mass is 10.1. The van der Waals surface area contributed by atoms with Gasteiger partial charge in [-0.3, -0.25) is 14.9 Å². The quantitative estimate of drug-likeness (QED) is 0.521. The number of hydrogen-bond acceptors (Lipinski definition) is 4. The van der Waals surface area contributed by atoms with E-state index in [0.29, 0.717) is 13.0 Å². The van der Waals surface area contributed by atoms with Crippen molar-refractivity contribution in [1.82, 2.24) is 15.5 Å². The summed E-state index contributed by atoms with van der Waals surface area (Å²) in [5.74, 6) is -0.917. The number of carbonyl (C=O) groups is 3. The third-order valence-corrected chi connectivity index (χ3v) is 2.45. The normalized spacial score (nSPS) is 20.1. The summed E-state index contributed by atoms with van der Waals surface area (Å²) >= 11 is 0. The molecule has 96 valence electrons. The van der Waals surface area contributed by atoms with Crippen molar-refractivity contribution < 1.29 is 19.5 Å². The number of nitrogens with zero attached hydrogens (tertiary/aromatic N) is 1. The van der Waals surface area contributed by atoms with E-state index >= 15 is 0 Å². The van der Waals surface area contributed by atoms with Crippen LogP contribution in [0.2, 0.25) is 0 Å². The molecule has 0 saturated carbocycles. The molecule has 4 amide bonds. The molecule has 1 aliphatic heterocycles. The SMILES string of the molecule is CC1CN(CC(=O)NCCCO)C(=O)NC1=O. The first-order chi connectivity index (χ1) is 8.04. The lowest BCUT2D eigenvalue weighted by Gasteiger charge is -2.29. The van der Waals surface area contributed by atoms with Crippen LogP contribution in [0.3, 0.4) is 0 Å². The Hall–Kier alpha value is -1.63. The first-order valence-electron chi connectivity index (χ1n) is 5.52. The number of amides is 4. The van der Waals surface area contributed by atoms with Crippen molar-refractivity contribution >= 4 is 17.8 Å². The molecule has 0 aromatic carbocycles. The number of nitrogens with one attached hydrogen (secondary N) is 2. The molecule has 3 N–H and O–H groups in total. The fraction of sp³-hybridized carbons (Fsp3) is 0.700. The molecular weight excluding hydrogens is 226 g/mol. The van der Waals surface area contributed by atoms with Crippen molar-refractivity contribution in [2.45, 2.75) is 13.3 Å². The highest BCUT2D eigenvalue weighted by Crippen LogP contribution is 2.06. The van der Waals surface area contributed by atoms with Crippen LogP contribution in [0, 0.1) is 5.92 Å². The fourth-order valence-electron chi connectivity index (χ4n) is 1.48. The van der Waals surface area contributed by atoms with Crippen molar-refractivity contribution in [3.8, 4) is 0 Å². The van der Waals surface area contributed by atoms with Crippen LogP contribution >= 0.6 is 0 Å². The van der Waals surface area contributed by atoms with Crippen molar-refractivity contribution in [1.29, 1.82) is 0 Å². The molecule has 0 aromatic rings. The summed E-state index contributed by atoms with van der Waals surface area (Å²) < 4.78 is 0. The van der Waals surface area contributed by atoms with Gasteiger partial charge in [-0.1, -0.05) is 6.92 Å². The summed E-state index contributed by atoms with van der Waals surface area (Å²) in [6, 6.07) is -0.537. The molecule has 7 heteroatoms. The number of imide groups is 1. The van der Waals surface area contributed by atoms with E-state index in [1.807, 2.05) is 0 Å². The van der Waals surface area contributed by atoms with Gasteiger partial charge in [-0.25, -0.2) is 4.79 Å². The topological polar surface area (TPSA) is 98.7 Å². The molecule has 0 aromatic heterocycles. The van der Waals surface area contributed by atoms with Gasteiger partial charge >= 0.3 is 6.03 Å². The largest absolute Gasteiger partial charge is 0.396 e. The lowest BCUT2D eigenvalue weighted by Crippen LogP contribution is -2.55. The molecule has 17 heavy (non-hydrogen) atoms. The molecule has 0 aliphatic carbocycles. The molecule has 1 atom stereocenters. The number of hydrogen-bond donors (Lipinski definition) is 3. The molecular formula is C10H17N3O4. The van der Waals surface area contributed by atoms with Crippen LogP contribution in [0.5, 0.6) is 0 Å². The fourth-order valence-corrected chi connectivity index (χ4v) is 1.48. The average molecular weight is 243 g/mol. The van der Waals surface area contributed by atoms with Crippen LogP contribution in [-0.4, -0.2) is 54.1 Å². The van der Waals surface area contributed by atoms with Gasteiger partial charge in [0, 0.05) is 19.7 Å². The Morgan fingerprint density at radius 2 is 2.29 bits per heavy atom. The lowest BCUT2D eigenvalue weighted by molar-refractivity contribution is -0.127. The van der Waals surface area contributed by atoms with E-state index in [-0.39, 0.29) is 37.4 Å². The minimum atomic E-state index is -0.537. The van der Waals surface area contributed by atoms with Crippen LogP contribution in [0.4, 0.5) is 4.79 Å². The summed E-state index contributed by atoms with van der Waals surface area (Å²) in [6.07, 6.45) is 0.479. The highest BCUT2D eigenvalue weighted by Gasteiger charge is 2.29. The van der Waals surface area contributed by atoms with Crippen LogP contribution < -0.4 is 10.6 Å². The van der Waals surface area contributed by atoms with Gasteiger partial charge in [-0.05, 0) is 6.42 Å². The predicted molar refractivity (Wildman–Crippen MR) is 59.0 cm³/mol. The highest BCUT2D eigenvalue weighted by atomic mass is 16.3. The minimum absolute atomic E-state index is 0.00994. The van der Waals surface area contributed by atoms with E-state index in [1.54, 1.807) is 6.92 Å². The van der Waals surface area contributed by atoms with Crippen molar-refractivity contribution in [2.75, 3.05) is 26.2 Å². The first kappa shape index (κ1) is 13.4. The van der Waals surface area contributed by atoms with Gasteiger partial charge in [0.2, 0.25) is 11.8 Å². The molecule has 0 spiro atoms. The molecule has 1 rings (SSSR count). The van der Waals surface area contributed by atoms with E-state index in [2.05, 4.69) is 10.6 Å². The maximum absolute atomic E-state index is 11.4. The summed E-state index contributed by atoms with van der Waals surface area (Å²) in [7, 11) is 0. The average Bonchev–Trinajstić information content (AvgIpc) is 2.26. The van der Waals surface area contributed by atoms with Gasteiger partial charge < -0.3 is 15.3 Å². The van der Waals surface area contributed by atoms with Gasteiger partial charge in [0.15, 0.2) is 0 Å². The monoisotopic (exact) mass is 243 g/mol. The second-order valence-electron chi connectivity index (χ2n) is 4.00. The Bertz CT molecular complexity index is 319. The number of carbonyl (C=O) groups excluding carboxylic acids is 3. The van der Waals surface area contributed by atoms with Crippen LogP contribution in [0.1, 0.15) is 13.3 Å². The molecule has 0 bridgehead atoms. The minimum Gasteiger partial charge on any atom is -0.396 e. The second-order valence-corrected chi connectivity index (χ2v) is 4.00. The van der Waals surface area contributed by atoms with Gasteiger partial charge in [0.1, 0.15) is 6.54 Å². The van der Waals surface area contributed by atoms with E-state index in [1.165, 1.54) is 4.90 Å². The van der Waals surface area contributed by atoms with E-state index in [4.69, 9.17) is 5.11 Å². The molecule has 1 heterocycles. The Kier molecular flexibility index (Phi) is 4.89. The van der Waals surface area contributed by atoms with Gasteiger partial charge in [0.25, 0.3) is 0 Å². The Morgan fingerprint density at radius 3 is 2.94 bits per heavy atom. The first-order valence-corrected chi connectivity index (χ1v) is 5.52. The third-order valence-electron chi connectivity index (χ3n) is 2.45. The molecule has 1 aliphatic rings. The second kappa shape index (κ2) is 6.19. The summed E-state index contributed by atoms with van der Waals surface area (Å²) in [4.78, 5) is 35.3. The molecule has 0 radical (unpaired) electrons. The summed E-state index contributed by atoms with van der Waals surface area (Å²) in [6.45, 7) is 2.25. The van der Waals surface area contributed by atoms with Crippen LogP contribution in [0.15, 0.2) is 0 Å². The zero-order valence-corrected chi connectivity index (χ0v) is 9.73. The standard InChI is InChI=1S/C10H17N3O4/c1-7-5-13(10(17)12-9(7)16)6-8(15)11-3-2-4-14/h7,14H,2-6H2,1H3,(H,11,15)(H,12,16,17). The predicted octanol–water partition coefficient (Wildman–Crippen LogP) is -1.33. The third kappa shape index (κ3) is 4.03. The van der Waals surface area contributed by atoms with Crippen LogP contribution in [-0.2, 0) is 9.59 Å². The van der Waals surface area contributed by atoms with Crippen molar-refractivity contribution in [2.24, 2.45) is 5.92 Å². The summed E-state index contributed by atoms with van der Waals surface area (Å²) in [5.41, 5.74) is 0. The Balaban J connectivity index is 2.37. The Morgan fingerprint density at radius 1 is 1.59 bits per heavy atom. The van der Waals surface area contributed by atoms with E-state index < -0.39 is 6.03 Å². The molecule has 1 fully saturated rings. The zero-order valence-electron chi connectivity index (χ0n) is 9.73. The zero-order chi connectivity index (χ0) is 12.8. The number of rotatable bonds is 5. The van der Waals surface area contributed by atoms with Gasteiger partial charge in [-0.15, -0.1) is 0 Å². The maximum atomic E-state index is 11.4. The summed E-state index contributed by atoms with van der Waals surface area (Å²) in [5, 5.41) is 13.3. The molecule has 1 saturated heterocycles. The molecule has 1 unspecified atom stereocenters. The number of aliphatic hydroxyl groups excluding tert-OH is 1. The highest BCUT2D eigenvalue weighted by molar-refractivity contribution is 5.99. The maximum Gasteiger partial charge on any atom is 0.324 e. The van der Waals surface area contributed by atoms with Crippen molar-refractivity contribution in [3.05, 3.63) is 0 Å².